The van der Waals surface area contributed by atoms with Crippen LogP contribution in [0.4, 0.5) is 11.4 Å². The molecule has 0 radical (unpaired) electrons. The van der Waals surface area contributed by atoms with E-state index in [2.05, 4.69) is 10.6 Å². The number of nitrogens with one attached hydrogen (secondary N) is 2. The Morgan fingerprint density at radius 2 is 1.68 bits per heavy atom. The highest BCUT2D eigenvalue weighted by Gasteiger charge is 2.34. The first-order valence-corrected chi connectivity index (χ1v) is 6.84. The van der Waals surface area contributed by atoms with E-state index >= 15 is 0 Å². The van der Waals surface area contributed by atoms with Crippen molar-refractivity contribution in [2.75, 3.05) is 17.7 Å². The first-order valence-electron chi connectivity index (χ1n) is 6.84. The Labute approximate surface area is 126 Å². The lowest BCUT2D eigenvalue weighted by Gasteiger charge is -2.05. The average Bonchev–Trinajstić information content (AvgIpc) is 3.03. The van der Waals surface area contributed by atoms with Gasteiger partial charge in [-0.25, -0.2) is 0 Å². The third kappa shape index (κ3) is 1.65. The van der Waals surface area contributed by atoms with Crippen LogP contribution < -0.4 is 15.4 Å². The summed E-state index contributed by atoms with van der Waals surface area (Å²) in [6, 6.07) is 12.5. The van der Waals surface area contributed by atoms with Crippen molar-refractivity contribution in [1.29, 1.82) is 0 Å². The van der Waals surface area contributed by atoms with Gasteiger partial charge >= 0.3 is 0 Å². The number of allylic oxidation sites excluding steroid dienone is 1. The molecule has 5 nitrogen and oxygen atoms in total. The van der Waals surface area contributed by atoms with E-state index in [1.165, 1.54) is 0 Å². The van der Waals surface area contributed by atoms with E-state index in [-0.39, 0.29) is 11.7 Å². The van der Waals surface area contributed by atoms with E-state index in [1.54, 1.807) is 37.4 Å². The van der Waals surface area contributed by atoms with Gasteiger partial charge in [0.1, 0.15) is 11.4 Å². The number of amides is 1. The summed E-state index contributed by atoms with van der Waals surface area (Å²) in [7, 11) is 1.56. The summed E-state index contributed by atoms with van der Waals surface area (Å²) >= 11 is 0. The molecule has 22 heavy (non-hydrogen) atoms. The highest BCUT2D eigenvalue weighted by Crippen LogP contribution is 2.39. The SMILES string of the molecule is COc1ccc2c(c1)C(=C1Nc3ccccc3C1=O)C(=O)N2. The van der Waals surface area contributed by atoms with Crippen LogP contribution in [-0.4, -0.2) is 18.8 Å². The topological polar surface area (TPSA) is 67.4 Å². The van der Waals surface area contributed by atoms with Gasteiger partial charge in [0.25, 0.3) is 5.91 Å². The third-order valence-electron chi connectivity index (χ3n) is 3.88. The molecule has 0 unspecified atom stereocenters. The fourth-order valence-corrected chi connectivity index (χ4v) is 2.81. The molecule has 2 aliphatic heterocycles. The lowest BCUT2D eigenvalue weighted by atomic mass is 10.0. The lowest BCUT2D eigenvalue weighted by molar-refractivity contribution is -0.110. The van der Waals surface area contributed by atoms with Crippen molar-refractivity contribution in [1.82, 2.24) is 0 Å². The van der Waals surface area contributed by atoms with Crippen LogP contribution >= 0.6 is 0 Å². The van der Waals surface area contributed by atoms with E-state index < -0.39 is 0 Å². The molecular formula is C17H12N2O3. The van der Waals surface area contributed by atoms with Crippen LogP contribution in [0.5, 0.6) is 5.75 Å². The second-order valence-electron chi connectivity index (χ2n) is 5.12. The van der Waals surface area contributed by atoms with Crippen molar-refractivity contribution in [3.63, 3.8) is 0 Å². The Morgan fingerprint density at radius 3 is 2.45 bits per heavy atom. The van der Waals surface area contributed by atoms with Gasteiger partial charge in [0, 0.05) is 22.5 Å². The van der Waals surface area contributed by atoms with Gasteiger partial charge in [-0.15, -0.1) is 0 Å². The zero-order chi connectivity index (χ0) is 15.3. The Balaban J connectivity index is 1.91. The standard InChI is InChI=1S/C17H12N2O3/c1-22-9-6-7-13-11(8-9)14(17(21)19-13)15-16(20)10-4-2-3-5-12(10)18-15/h2-8,18H,1H3,(H,19,21). The lowest BCUT2D eigenvalue weighted by Crippen LogP contribution is -2.11. The molecule has 0 aromatic heterocycles. The second kappa shape index (κ2) is 4.46. The number of hydrogen-bond donors (Lipinski definition) is 2. The maximum absolute atomic E-state index is 12.6. The monoisotopic (exact) mass is 292 g/mol. The summed E-state index contributed by atoms with van der Waals surface area (Å²) in [5.74, 6) is 0.180. The van der Waals surface area contributed by atoms with E-state index in [0.717, 1.165) is 5.69 Å². The number of para-hydroxylation sites is 1. The zero-order valence-corrected chi connectivity index (χ0v) is 11.8. The van der Waals surface area contributed by atoms with E-state index in [4.69, 9.17) is 4.74 Å². The Kier molecular flexibility index (Phi) is 2.56. The van der Waals surface area contributed by atoms with Crippen LogP contribution in [0, 0.1) is 0 Å². The molecule has 2 N–H and O–H groups in total. The Morgan fingerprint density at radius 1 is 0.909 bits per heavy atom. The van der Waals surface area contributed by atoms with Crippen LogP contribution in [0.3, 0.4) is 0 Å². The molecule has 0 saturated heterocycles. The average molecular weight is 292 g/mol. The highest BCUT2D eigenvalue weighted by molar-refractivity contribution is 6.38. The van der Waals surface area contributed by atoms with Crippen molar-refractivity contribution < 1.29 is 14.3 Å². The molecule has 2 aromatic rings. The Hall–Kier alpha value is -3.08. The summed E-state index contributed by atoms with van der Waals surface area (Å²) in [6.07, 6.45) is 0. The van der Waals surface area contributed by atoms with Gasteiger partial charge in [-0.05, 0) is 30.3 Å². The molecule has 2 aliphatic rings. The summed E-state index contributed by atoms with van der Waals surface area (Å²) in [4.78, 5) is 24.9. The normalized spacial score (nSPS) is 18.6. The molecule has 0 aliphatic carbocycles. The van der Waals surface area contributed by atoms with Gasteiger partial charge in [-0.3, -0.25) is 9.59 Å². The number of fused-ring (bicyclic) bond motifs is 2. The number of carbonyl (C=O) groups is 2. The van der Waals surface area contributed by atoms with Gasteiger partial charge in [0.2, 0.25) is 5.78 Å². The summed E-state index contributed by atoms with van der Waals surface area (Å²) in [5, 5.41) is 5.84. The molecular weight excluding hydrogens is 280 g/mol. The molecule has 2 heterocycles. The van der Waals surface area contributed by atoms with Gasteiger partial charge in [0.05, 0.1) is 12.7 Å². The number of Topliss-reactive ketones (excluding diaryl/α,β-unsaturated/α-hetero) is 1. The first-order chi connectivity index (χ1) is 10.7. The summed E-state index contributed by atoms with van der Waals surface area (Å²) in [6.45, 7) is 0. The van der Waals surface area contributed by atoms with Gasteiger partial charge < -0.3 is 15.4 Å². The molecule has 0 atom stereocenters. The maximum Gasteiger partial charge on any atom is 0.258 e. The van der Waals surface area contributed by atoms with E-state index in [9.17, 15) is 9.59 Å². The van der Waals surface area contributed by atoms with E-state index in [1.807, 2.05) is 12.1 Å². The number of carbonyl (C=O) groups excluding carboxylic acids is 2. The molecule has 0 spiro atoms. The number of rotatable bonds is 1. The molecule has 0 fully saturated rings. The van der Waals surface area contributed by atoms with Crippen molar-refractivity contribution in [3.05, 3.63) is 59.3 Å². The third-order valence-corrected chi connectivity index (χ3v) is 3.88. The number of anilines is 2. The molecule has 0 bridgehead atoms. The van der Waals surface area contributed by atoms with Gasteiger partial charge in [0.15, 0.2) is 0 Å². The molecule has 108 valence electrons. The van der Waals surface area contributed by atoms with E-state index in [0.29, 0.717) is 33.8 Å². The Bertz CT molecular complexity index is 868. The molecule has 2 aromatic carbocycles. The fraction of sp³-hybridized carbons (Fsp3) is 0.0588. The van der Waals surface area contributed by atoms with Crippen molar-refractivity contribution in [3.8, 4) is 5.75 Å². The molecule has 0 saturated carbocycles. The summed E-state index contributed by atoms with van der Waals surface area (Å²) < 4.78 is 5.21. The smallest absolute Gasteiger partial charge is 0.258 e. The van der Waals surface area contributed by atoms with Crippen LogP contribution in [0.1, 0.15) is 15.9 Å². The largest absolute Gasteiger partial charge is 0.497 e. The fourth-order valence-electron chi connectivity index (χ4n) is 2.81. The molecule has 5 heteroatoms. The van der Waals surface area contributed by atoms with Crippen LogP contribution in [0.25, 0.3) is 5.57 Å². The minimum absolute atomic E-state index is 0.170. The van der Waals surface area contributed by atoms with Crippen molar-refractivity contribution in [2.45, 2.75) is 0 Å². The number of hydrogen-bond acceptors (Lipinski definition) is 4. The molecule has 4 rings (SSSR count). The van der Waals surface area contributed by atoms with Crippen LogP contribution in [0.2, 0.25) is 0 Å². The minimum Gasteiger partial charge on any atom is -0.497 e. The van der Waals surface area contributed by atoms with Crippen LogP contribution in [-0.2, 0) is 4.79 Å². The van der Waals surface area contributed by atoms with Crippen LogP contribution in [0.15, 0.2) is 48.2 Å². The second-order valence-corrected chi connectivity index (χ2v) is 5.12. The van der Waals surface area contributed by atoms with Crippen molar-refractivity contribution in [2.24, 2.45) is 0 Å². The van der Waals surface area contributed by atoms with Gasteiger partial charge in [-0.1, -0.05) is 12.1 Å². The molecule has 1 amide bonds. The van der Waals surface area contributed by atoms with Gasteiger partial charge in [-0.2, -0.15) is 0 Å². The first kappa shape index (κ1) is 12.6. The maximum atomic E-state index is 12.6. The van der Waals surface area contributed by atoms with Crippen molar-refractivity contribution >= 4 is 28.6 Å². The number of benzene rings is 2. The predicted octanol–water partition coefficient (Wildman–Crippen LogP) is 2.67. The number of ether oxygens (including phenoxy) is 1. The predicted molar refractivity (Wildman–Crippen MR) is 82.9 cm³/mol. The number of ketones is 1. The quantitative estimate of drug-likeness (QED) is 0.793. The number of methoxy groups -OCH3 is 1. The minimum atomic E-state index is -0.285. The zero-order valence-electron chi connectivity index (χ0n) is 11.8. The summed E-state index contributed by atoms with van der Waals surface area (Å²) in [5.41, 5.74) is 3.32. The highest BCUT2D eigenvalue weighted by atomic mass is 16.5.